The summed E-state index contributed by atoms with van der Waals surface area (Å²) in [5.41, 5.74) is 7.61. The monoisotopic (exact) mass is 274 g/mol. The van der Waals surface area contributed by atoms with Gasteiger partial charge in [-0.3, -0.25) is 10.1 Å². The van der Waals surface area contributed by atoms with Crippen LogP contribution in [0.2, 0.25) is 0 Å². The van der Waals surface area contributed by atoms with Crippen LogP contribution >= 0.6 is 0 Å². The third-order valence-electron chi connectivity index (χ3n) is 3.44. The fourth-order valence-corrected chi connectivity index (χ4v) is 1.89. The Labute approximate surface area is 117 Å². The second kappa shape index (κ2) is 5.13. The van der Waals surface area contributed by atoms with E-state index >= 15 is 0 Å². The number of aromatic nitrogens is 2. The molecule has 2 rings (SSSR count). The third-order valence-corrected chi connectivity index (χ3v) is 3.44. The molecule has 2 N–H and O–H groups in total. The molecule has 0 aliphatic rings. The molecule has 0 radical (unpaired) electrons. The summed E-state index contributed by atoms with van der Waals surface area (Å²) in [7, 11) is 0. The van der Waals surface area contributed by atoms with Crippen molar-refractivity contribution in [3.05, 3.63) is 40.3 Å². The normalized spacial score (nSPS) is 13.4. The van der Waals surface area contributed by atoms with Crippen molar-refractivity contribution in [3.63, 3.8) is 0 Å². The van der Waals surface area contributed by atoms with Gasteiger partial charge in [0.05, 0.1) is 16.1 Å². The highest BCUT2D eigenvalue weighted by molar-refractivity contribution is 5.83. The molecule has 20 heavy (non-hydrogen) atoms. The molecule has 0 saturated carbocycles. The number of hydrogen-bond acceptors (Lipinski definition) is 5. The fourth-order valence-electron chi connectivity index (χ4n) is 1.89. The van der Waals surface area contributed by atoms with E-state index in [1.165, 1.54) is 18.5 Å². The van der Waals surface area contributed by atoms with Gasteiger partial charge >= 0.3 is 0 Å². The number of nitro benzene ring substituents is 1. The topological polar surface area (TPSA) is 94.9 Å². The minimum Gasteiger partial charge on any atom is -0.327 e. The van der Waals surface area contributed by atoms with Crippen LogP contribution in [0.1, 0.15) is 26.5 Å². The zero-order valence-corrected chi connectivity index (χ0v) is 11.8. The standard InChI is InChI=1S/C14H18N4O2/c1-14(2,3)13(15)7-12-10-6-9(18(19)20)4-5-11(10)16-8-17-12/h4-6,8,13H,7,15H2,1-3H3. The summed E-state index contributed by atoms with van der Waals surface area (Å²) in [5.74, 6) is 0. The van der Waals surface area contributed by atoms with Crippen molar-refractivity contribution in [2.75, 3.05) is 0 Å². The maximum atomic E-state index is 10.9. The second-order valence-corrected chi connectivity index (χ2v) is 5.96. The van der Waals surface area contributed by atoms with Crippen molar-refractivity contribution < 1.29 is 4.92 Å². The first-order chi connectivity index (χ1) is 9.29. The summed E-state index contributed by atoms with van der Waals surface area (Å²) in [6.07, 6.45) is 2.03. The van der Waals surface area contributed by atoms with Crippen molar-refractivity contribution >= 4 is 16.6 Å². The summed E-state index contributed by atoms with van der Waals surface area (Å²) in [4.78, 5) is 18.8. The highest BCUT2D eigenvalue weighted by atomic mass is 16.6. The lowest BCUT2D eigenvalue weighted by molar-refractivity contribution is -0.384. The zero-order chi connectivity index (χ0) is 14.9. The highest BCUT2D eigenvalue weighted by Crippen LogP contribution is 2.25. The molecule has 6 heteroatoms. The molecule has 0 aliphatic heterocycles. The molecule has 1 aromatic carbocycles. The minimum atomic E-state index is -0.417. The average molecular weight is 274 g/mol. The van der Waals surface area contributed by atoms with Gasteiger partial charge in [0.15, 0.2) is 0 Å². The lowest BCUT2D eigenvalue weighted by atomic mass is 9.84. The van der Waals surface area contributed by atoms with Gasteiger partial charge in [0.25, 0.3) is 5.69 Å². The smallest absolute Gasteiger partial charge is 0.270 e. The maximum absolute atomic E-state index is 10.9. The van der Waals surface area contributed by atoms with E-state index in [1.807, 2.05) is 0 Å². The SMILES string of the molecule is CC(C)(C)C(N)Cc1ncnc2ccc([N+](=O)[O-])cc12. The maximum Gasteiger partial charge on any atom is 0.270 e. The molecule has 1 unspecified atom stereocenters. The van der Waals surface area contributed by atoms with Gasteiger partial charge in [0.1, 0.15) is 6.33 Å². The Balaban J connectivity index is 2.47. The van der Waals surface area contributed by atoms with Gasteiger partial charge in [-0.05, 0) is 11.5 Å². The van der Waals surface area contributed by atoms with E-state index in [4.69, 9.17) is 5.73 Å². The molecule has 0 saturated heterocycles. The van der Waals surface area contributed by atoms with Crippen molar-refractivity contribution in [1.29, 1.82) is 0 Å². The number of hydrogen-bond donors (Lipinski definition) is 1. The predicted molar refractivity (Wildman–Crippen MR) is 77.3 cm³/mol. The number of benzene rings is 1. The summed E-state index contributed by atoms with van der Waals surface area (Å²) in [5, 5.41) is 11.6. The predicted octanol–water partition coefficient (Wildman–Crippen LogP) is 2.45. The number of non-ortho nitro benzene ring substituents is 1. The molecule has 0 aliphatic carbocycles. The molecule has 6 nitrogen and oxygen atoms in total. The van der Waals surface area contributed by atoms with Gasteiger partial charge in [-0.25, -0.2) is 9.97 Å². The van der Waals surface area contributed by atoms with Crippen LogP contribution in [-0.4, -0.2) is 20.9 Å². The van der Waals surface area contributed by atoms with E-state index in [2.05, 4.69) is 30.7 Å². The first kappa shape index (κ1) is 14.3. The molecule has 2 aromatic rings. The zero-order valence-electron chi connectivity index (χ0n) is 11.8. The Kier molecular flexibility index (Phi) is 3.67. The quantitative estimate of drug-likeness (QED) is 0.685. The summed E-state index contributed by atoms with van der Waals surface area (Å²) in [6, 6.07) is 4.52. The van der Waals surface area contributed by atoms with Crippen LogP contribution in [0.3, 0.4) is 0 Å². The Hall–Kier alpha value is -2.08. The van der Waals surface area contributed by atoms with E-state index in [-0.39, 0.29) is 17.1 Å². The summed E-state index contributed by atoms with van der Waals surface area (Å²) >= 11 is 0. The van der Waals surface area contributed by atoms with Crippen molar-refractivity contribution in [2.24, 2.45) is 11.1 Å². The molecule has 1 atom stereocenters. The highest BCUT2D eigenvalue weighted by Gasteiger charge is 2.22. The van der Waals surface area contributed by atoms with Gasteiger partial charge in [0.2, 0.25) is 0 Å². The number of nitrogens with two attached hydrogens (primary N) is 1. The minimum absolute atomic E-state index is 0.0397. The lowest BCUT2D eigenvalue weighted by Gasteiger charge is -2.26. The van der Waals surface area contributed by atoms with E-state index in [1.54, 1.807) is 6.07 Å². The molecule has 106 valence electrons. The van der Waals surface area contributed by atoms with E-state index in [9.17, 15) is 10.1 Å². The Bertz CT molecular complexity index is 649. The third kappa shape index (κ3) is 2.91. The van der Waals surface area contributed by atoms with Gasteiger partial charge in [-0.1, -0.05) is 20.8 Å². The van der Waals surface area contributed by atoms with Crippen LogP contribution in [0, 0.1) is 15.5 Å². The number of rotatable bonds is 3. The second-order valence-electron chi connectivity index (χ2n) is 5.96. The van der Waals surface area contributed by atoms with Crippen LogP contribution in [0.5, 0.6) is 0 Å². The van der Waals surface area contributed by atoms with Gasteiger partial charge in [-0.15, -0.1) is 0 Å². The van der Waals surface area contributed by atoms with Crippen molar-refractivity contribution in [3.8, 4) is 0 Å². The molecule has 0 bridgehead atoms. The average Bonchev–Trinajstić information content (AvgIpc) is 2.37. The van der Waals surface area contributed by atoms with Crippen LogP contribution in [0.15, 0.2) is 24.5 Å². The number of nitro groups is 1. The number of fused-ring (bicyclic) bond motifs is 1. The molecule has 0 fully saturated rings. The first-order valence-electron chi connectivity index (χ1n) is 6.42. The molecule has 1 heterocycles. The van der Waals surface area contributed by atoms with Gasteiger partial charge in [-0.2, -0.15) is 0 Å². The molecule has 0 spiro atoms. The molecule has 0 amide bonds. The summed E-state index contributed by atoms with van der Waals surface area (Å²) in [6.45, 7) is 6.18. The Morgan fingerprint density at radius 1 is 1.35 bits per heavy atom. The van der Waals surface area contributed by atoms with Crippen LogP contribution in [-0.2, 0) is 6.42 Å². The van der Waals surface area contributed by atoms with E-state index < -0.39 is 4.92 Å². The summed E-state index contributed by atoms with van der Waals surface area (Å²) < 4.78 is 0. The van der Waals surface area contributed by atoms with Crippen LogP contribution in [0.25, 0.3) is 10.9 Å². The van der Waals surface area contributed by atoms with Crippen LogP contribution in [0.4, 0.5) is 5.69 Å². The van der Waals surface area contributed by atoms with E-state index in [0.717, 1.165) is 5.69 Å². The van der Waals surface area contributed by atoms with Crippen LogP contribution < -0.4 is 5.73 Å². The Morgan fingerprint density at radius 3 is 2.65 bits per heavy atom. The fraction of sp³-hybridized carbons (Fsp3) is 0.429. The van der Waals surface area contributed by atoms with E-state index in [0.29, 0.717) is 17.3 Å². The lowest BCUT2D eigenvalue weighted by Crippen LogP contribution is -2.37. The number of nitrogens with zero attached hydrogens (tertiary/aromatic N) is 3. The molecular weight excluding hydrogens is 256 g/mol. The molecular formula is C14H18N4O2. The van der Waals surface area contributed by atoms with Crippen molar-refractivity contribution in [2.45, 2.75) is 33.2 Å². The van der Waals surface area contributed by atoms with Gasteiger partial charge in [0, 0.05) is 30.0 Å². The Morgan fingerprint density at radius 2 is 2.05 bits per heavy atom. The van der Waals surface area contributed by atoms with Crippen molar-refractivity contribution in [1.82, 2.24) is 9.97 Å². The van der Waals surface area contributed by atoms with Gasteiger partial charge < -0.3 is 5.73 Å². The molecule has 1 aromatic heterocycles. The largest absolute Gasteiger partial charge is 0.327 e. The first-order valence-corrected chi connectivity index (χ1v) is 6.42.